The summed E-state index contributed by atoms with van der Waals surface area (Å²) >= 11 is 0. The van der Waals surface area contributed by atoms with E-state index in [4.69, 9.17) is 5.84 Å². The highest BCUT2D eigenvalue weighted by atomic mass is 16.2. The first kappa shape index (κ1) is 14.1. The van der Waals surface area contributed by atoms with Crippen molar-refractivity contribution in [2.75, 3.05) is 30.0 Å². The van der Waals surface area contributed by atoms with Crippen LogP contribution in [0.15, 0.2) is 6.33 Å². The summed E-state index contributed by atoms with van der Waals surface area (Å²) in [5.41, 5.74) is 3.71. The fraction of sp³-hybridized carbons (Fsp3) is 0.643. The van der Waals surface area contributed by atoms with Crippen molar-refractivity contribution in [1.29, 1.82) is 0 Å². The van der Waals surface area contributed by atoms with Crippen molar-refractivity contribution in [2.24, 2.45) is 5.84 Å². The van der Waals surface area contributed by atoms with Crippen LogP contribution in [0.3, 0.4) is 0 Å². The molecule has 1 aromatic heterocycles. The lowest BCUT2D eigenvalue weighted by molar-refractivity contribution is -0.129. The van der Waals surface area contributed by atoms with Gasteiger partial charge in [0.25, 0.3) is 0 Å². The van der Waals surface area contributed by atoms with Gasteiger partial charge < -0.3 is 15.2 Å². The molecule has 21 heavy (non-hydrogen) atoms. The second kappa shape index (κ2) is 5.48. The minimum atomic E-state index is 0.274. The van der Waals surface area contributed by atoms with Gasteiger partial charge in [-0.05, 0) is 12.3 Å². The van der Waals surface area contributed by atoms with Gasteiger partial charge in [0.05, 0.1) is 0 Å². The molecule has 3 heterocycles. The molecule has 0 bridgehead atoms. The Kier molecular flexibility index (Phi) is 3.67. The minimum Gasteiger partial charge on any atom is -0.352 e. The van der Waals surface area contributed by atoms with E-state index in [-0.39, 0.29) is 11.8 Å². The average Bonchev–Trinajstić information content (AvgIpc) is 2.87. The third-order valence-corrected chi connectivity index (χ3v) is 4.37. The maximum Gasteiger partial charge on any atom is 0.223 e. The molecule has 0 radical (unpaired) electrons. The number of nitrogens with zero attached hydrogens (tertiary/aromatic N) is 4. The molecule has 2 saturated heterocycles. The van der Waals surface area contributed by atoms with Crippen molar-refractivity contribution in [2.45, 2.75) is 38.6 Å². The van der Waals surface area contributed by atoms with Crippen molar-refractivity contribution < 1.29 is 4.79 Å². The highest BCUT2D eigenvalue weighted by Gasteiger charge is 2.36. The Labute approximate surface area is 124 Å². The molecule has 114 valence electrons. The van der Waals surface area contributed by atoms with E-state index in [1.165, 1.54) is 0 Å². The molecule has 7 nitrogen and oxygen atoms in total. The number of carbonyl (C=O) groups excluding carboxylic acids is 1. The molecule has 0 spiro atoms. The first-order chi connectivity index (χ1) is 10.1. The molecule has 0 saturated carbocycles. The van der Waals surface area contributed by atoms with E-state index in [1.54, 1.807) is 6.33 Å². The number of aromatic nitrogens is 2. The molecule has 7 heteroatoms. The van der Waals surface area contributed by atoms with Crippen LogP contribution in [0, 0.1) is 0 Å². The molecule has 3 N–H and O–H groups in total. The highest BCUT2D eigenvalue weighted by molar-refractivity contribution is 5.79. The Balaban J connectivity index is 1.89. The van der Waals surface area contributed by atoms with Crippen molar-refractivity contribution in [3.8, 4) is 0 Å². The van der Waals surface area contributed by atoms with E-state index in [0.717, 1.165) is 37.4 Å². The largest absolute Gasteiger partial charge is 0.352 e. The Morgan fingerprint density at radius 1 is 1.38 bits per heavy atom. The fourth-order valence-corrected chi connectivity index (χ4v) is 3.34. The van der Waals surface area contributed by atoms with Gasteiger partial charge in [0, 0.05) is 37.7 Å². The van der Waals surface area contributed by atoms with Gasteiger partial charge >= 0.3 is 0 Å². The van der Waals surface area contributed by atoms with E-state index >= 15 is 0 Å². The maximum absolute atomic E-state index is 11.8. The molecular formula is C14H22N6O. The number of amides is 1. The number of hydrazine groups is 1. The van der Waals surface area contributed by atoms with Gasteiger partial charge in [-0.3, -0.25) is 4.79 Å². The normalized spacial score (nSPS) is 21.9. The molecule has 1 amide bonds. The van der Waals surface area contributed by atoms with Crippen LogP contribution in [0.2, 0.25) is 0 Å². The van der Waals surface area contributed by atoms with E-state index in [9.17, 15) is 4.79 Å². The average molecular weight is 290 g/mol. The summed E-state index contributed by atoms with van der Waals surface area (Å²) in [4.78, 5) is 24.7. The number of hydrogen-bond donors (Lipinski definition) is 2. The Bertz CT molecular complexity index is 546. The number of nitrogens with two attached hydrogens (primary N) is 1. The number of hydrogen-bond acceptors (Lipinski definition) is 6. The number of anilines is 2. The van der Waals surface area contributed by atoms with Crippen LogP contribution >= 0.6 is 0 Å². The van der Waals surface area contributed by atoms with Crippen LogP contribution in [0.1, 0.15) is 38.2 Å². The van der Waals surface area contributed by atoms with E-state index < -0.39 is 0 Å². The third kappa shape index (κ3) is 2.42. The summed E-state index contributed by atoms with van der Waals surface area (Å²) in [6, 6.07) is 0.315. The molecule has 2 fully saturated rings. The lowest BCUT2D eigenvalue weighted by Crippen LogP contribution is -2.52. The molecule has 1 unspecified atom stereocenters. The lowest BCUT2D eigenvalue weighted by atomic mass is 10.0. The summed E-state index contributed by atoms with van der Waals surface area (Å²) in [5.74, 6) is 7.76. The van der Waals surface area contributed by atoms with E-state index in [2.05, 4.69) is 34.1 Å². The smallest absolute Gasteiger partial charge is 0.223 e. The molecule has 0 aromatic carbocycles. The Morgan fingerprint density at radius 2 is 2.19 bits per heavy atom. The van der Waals surface area contributed by atoms with Gasteiger partial charge in [-0.25, -0.2) is 15.8 Å². The summed E-state index contributed by atoms with van der Waals surface area (Å²) in [6.45, 7) is 6.64. The summed E-state index contributed by atoms with van der Waals surface area (Å²) < 4.78 is 0. The zero-order valence-electron chi connectivity index (χ0n) is 12.5. The van der Waals surface area contributed by atoms with Crippen molar-refractivity contribution in [3.63, 3.8) is 0 Å². The first-order valence-electron chi connectivity index (χ1n) is 7.47. The van der Waals surface area contributed by atoms with Gasteiger partial charge in [0.2, 0.25) is 5.91 Å². The monoisotopic (exact) mass is 290 g/mol. The van der Waals surface area contributed by atoms with Crippen LogP contribution in [-0.4, -0.2) is 46.5 Å². The Morgan fingerprint density at radius 3 is 2.90 bits per heavy atom. The van der Waals surface area contributed by atoms with Gasteiger partial charge in [-0.15, -0.1) is 0 Å². The highest BCUT2D eigenvalue weighted by Crippen LogP contribution is 2.33. The first-order valence-corrected chi connectivity index (χ1v) is 7.47. The molecule has 3 rings (SSSR count). The number of fused-ring (bicyclic) bond motifs is 1. The summed E-state index contributed by atoms with van der Waals surface area (Å²) in [6.07, 6.45) is 3.16. The second-order valence-electron chi connectivity index (χ2n) is 5.98. The van der Waals surface area contributed by atoms with Crippen LogP contribution in [0.25, 0.3) is 0 Å². The van der Waals surface area contributed by atoms with Gasteiger partial charge in [-0.1, -0.05) is 13.8 Å². The number of nitrogens with one attached hydrogen (secondary N) is 1. The van der Waals surface area contributed by atoms with Crippen molar-refractivity contribution in [3.05, 3.63) is 11.9 Å². The van der Waals surface area contributed by atoms with Gasteiger partial charge in [0.15, 0.2) is 0 Å². The molecule has 2 aliphatic heterocycles. The number of rotatable bonds is 3. The minimum absolute atomic E-state index is 0.274. The van der Waals surface area contributed by atoms with Crippen LogP contribution < -0.4 is 16.2 Å². The molecule has 2 aliphatic rings. The number of piperazine rings is 1. The SMILES string of the molecule is CC(C)c1c(NN)ncnc1N1CCN2C(=O)CCC2C1. The molecule has 1 aromatic rings. The summed E-state index contributed by atoms with van der Waals surface area (Å²) in [7, 11) is 0. The van der Waals surface area contributed by atoms with E-state index in [0.29, 0.717) is 18.3 Å². The quantitative estimate of drug-likeness (QED) is 0.629. The predicted molar refractivity (Wildman–Crippen MR) is 80.9 cm³/mol. The van der Waals surface area contributed by atoms with Gasteiger partial charge in [0.1, 0.15) is 18.0 Å². The maximum atomic E-state index is 11.8. The zero-order chi connectivity index (χ0) is 15.0. The standard InChI is InChI=1S/C14H22N6O/c1-9(2)12-13(18-15)16-8-17-14(12)19-5-6-20-10(7-19)3-4-11(20)21/h8-10H,3-7,15H2,1-2H3,(H,16,17,18). The van der Waals surface area contributed by atoms with Crippen molar-refractivity contribution in [1.82, 2.24) is 14.9 Å². The zero-order valence-corrected chi connectivity index (χ0v) is 12.5. The predicted octanol–water partition coefficient (Wildman–Crippen LogP) is 0.697. The third-order valence-electron chi connectivity index (χ3n) is 4.37. The summed E-state index contributed by atoms with van der Waals surface area (Å²) in [5, 5.41) is 0. The second-order valence-corrected chi connectivity index (χ2v) is 5.98. The van der Waals surface area contributed by atoms with E-state index in [1.807, 2.05) is 4.90 Å². The number of carbonyl (C=O) groups is 1. The van der Waals surface area contributed by atoms with Crippen molar-refractivity contribution >= 4 is 17.5 Å². The molecular weight excluding hydrogens is 268 g/mol. The fourth-order valence-electron chi connectivity index (χ4n) is 3.34. The van der Waals surface area contributed by atoms with Crippen LogP contribution in [0.4, 0.5) is 11.6 Å². The Hall–Kier alpha value is -1.89. The molecule has 1 atom stereocenters. The number of nitrogen functional groups attached to an aromatic ring is 1. The van der Waals surface area contributed by atoms with Crippen LogP contribution in [-0.2, 0) is 4.79 Å². The lowest BCUT2D eigenvalue weighted by Gasteiger charge is -2.39. The van der Waals surface area contributed by atoms with Gasteiger partial charge in [-0.2, -0.15) is 0 Å². The topological polar surface area (TPSA) is 87.4 Å². The molecule has 0 aliphatic carbocycles. The van der Waals surface area contributed by atoms with Crippen LogP contribution in [0.5, 0.6) is 0 Å².